The Morgan fingerprint density at radius 2 is 1.37 bits per heavy atom. The summed E-state index contributed by atoms with van der Waals surface area (Å²) >= 11 is 5.63. The van der Waals surface area contributed by atoms with Gasteiger partial charge in [0.15, 0.2) is 0 Å². The molecule has 1 rings (SSSR count). The Morgan fingerprint density at radius 3 is 1.63 bits per heavy atom. The van der Waals surface area contributed by atoms with Gasteiger partial charge in [-0.05, 0) is 51.6 Å². The Morgan fingerprint density at radius 1 is 0.947 bits per heavy atom. The van der Waals surface area contributed by atoms with Crippen molar-refractivity contribution in [2.75, 3.05) is 0 Å². The number of carbonyl (C=O) groups excluding carboxylic acids is 1. The SMILES string of the molecule is CC(C)c1cc(C(C)C)c(CC(=O)Cl)c(C(C)C)c1. The molecule has 2 heteroatoms. The third-order valence-corrected chi connectivity index (χ3v) is 3.70. The summed E-state index contributed by atoms with van der Waals surface area (Å²) in [5, 5.41) is -0.277. The van der Waals surface area contributed by atoms with Crippen molar-refractivity contribution < 1.29 is 4.79 Å². The molecule has 0 spiro atoms. The summed E-state index contributed by atoms with van der Waals surface area (Å²) in [6.07, 6.45) is 0.334. The first-order chi connectivity index (χ1) is 8.73. The average Bonchev–Trinajstić information content (AvgIpc) is 2.27. The first-order valence-electron chi connectivity index (χ1n) is 7.09. The summed E-state index contributed by atoms with van der Waals surface area (Å²) in [6, 6.07) is 4.49. The molecule has 0 aliphatic carbocycles. The first kappa shape index (κ1) is 16.2. The summed E-state index contributed by atoms with van der Waals surface area (Å²) < 4.78 is 0. The van der Waals surface area contributed by atoms with Crippen LogP contribution in [0.15, 0.2) is 12.1 Å². The number of halogens is 1. The van der Waals surface area contributed by atoms with E-state index in [-0.39, 0.29) is 5.24 Å². The van der Waals surface area contributed by atoms with Gasteiger partial charge in [0, 0.05) is 6.42 Å². The predicted octanol–water partition coefficient (Wildman–Crippen LogP) is 5.36. The van der Waals surface area contributed by atoms with E-state index in [4.69, 9.17) is 11.6 Å². The Balaban J connectivity index is 3.50. The van der Waals surface area contributed by atoms with Gasteiger partial charge in [0.05, 0.1) is 0 Å². The lowest BCUT2D eigenvalue weighted by atomic mass is 9.83. The smallest absolute Gasteiger partial charge is 0.226 e. The van der Waals surface area contributed by atoms with E-state index in [9.17, 15) is 4.79 Å². The summed E-state index contributed by atoms with van der Waals surface area (Å²) in [6.45, 7) is 13.1. The van der Waals surface area contributed by atoms with Crippen LogP contribution >= 0.6 is 11.6 Å². The van der Waals surface area contributed by atoms with Gasteiger partial charge >= 0.3 is 0 Å². The normalized spacial score (nSPS) is 11.7. The molecule has 0 fully saturated rings. The zero-order valence-electron chi connectivity index (χ0n) is 12.9. The molecule has 106 valence electrons. The standard InChI is InChI=1S/C17H25ClO/c1-10(2)13-7-14(11(3)4)16(9-17(18)19)15(8-13)12(5)6/h7-8,10-12H,9H2,1-6H3. The first-order valence-corrected chi connectivity index (χ1v) is 7.46. The molecule has 0 aliphatic rings. The van der Waals surface area contributed by atoms with Crippen molar-refractivity contribution in [3.8, 4) is 0 Å². The van der Waals surface area contributed by atoms with Crippen molar-refractivity contribution in [3.05, 3.63) is 34.4 Å². The molecule has 0 aromatic heterocycles. The predicted molar refractivity (Wildman–Crippen MR) is 83.3 cm³/mol. The van der Waals surface area contributed by atoms with Crippen LogP contribution in [0.5, 0.6) is 0 Å². The van der Waals surface area contributed by atoms with Crippen LogP contribution in [-0.2, 0) is 11.2 Å². The van der Waals surface area contributed by atoms with Gasteiger partial charge in [-0.15, -0.1) is 0 Å². The fourth-order valence-corrected chi connectivity index (χ4v) is 2.58. The molecule has 0 aliphatic heterocycles. The van der Waals surface area contributed by atoms with Crippen LogP contribution in [0.3, 0.4) is 0 Å². The van der Waals surface area contributed by atoms with E-state index in [1.807, 2.05) is 0 Å². The fourth-order valence-electron chi connectivity index (χ4n) is 2.45. The second kappa shape index (κ2) is 6.56. The molecule has 0 N–H and O–H groups in total. The topological polar surface area (TPSA) is 17.1 Å². The number of rotatable bonds is 5. The summed E-state index contributed by atoms with van der Waals surface area (Å²) in [7, 11) is 0. The van der Waals surface area contributed by atoms with Crippen LogP contribution in [0.4, 0.5) is 0 Å². The quantitative estimate of drug-likeness (QED) is 0.663. The highest BCUT2D eigenvalue weighted by Gasteiger charge is 2.18. The van der Waals surface area contributed by atoms with Crippen molar-refractivity contribution in [2.45, 2.75) is 65.7 Å². The molecule has 0 heterocycles. The maximum atomic E-state index is 11.3. The van der Waals surface area contributed by atoms with Gasteiger partial charge in [-0.1, -0.05) is 53.7 Å². The summed E-state index contributed by atoms with van der Waals surface area (Å²) in [4.78, 5) is 11.3. The lowest BCUT2D eigenvalue weighted by Gasteiger charge is -2.22. The number of benzene rings is 1. The largest absolute Gasteiger partial charge is 0.281 e. The molecule has 1 aromatic carbocycles. The molecular formula is C17H25ClO. The van der Waals surface area contributed by atoms with E-state index in [0.717, 1.165) is 5.56 Å². The molecule has 1 nitrogen and oxygen atoms in total. The van der Waals surface area contributed by atoms with Crippen LogP contribution in [0.2, 0.25) is 0 Å². The summed E-state index contributed by atoms with van der Waals surface area (Å²) in [5.74, 6) is 1.31. The Kier molecular flexibility index (Phi) is 5.61. The van der Waals surface area contributed by atoms with Gasteiger partial charge in [0.25, 0.3) is 0 Å². The molecule has 0 saturated heterocycles. The Labute approximate surface area is 122 Å². The molecule has 19 heavy (non-hydrogen) atoms. The lowest BCUT2D eigenvalue weighted by molar-refractivity contribution is -0.111. The lowest BCUT2D eigenvalue weighted by Crippen LogP contribution is -2.09. The number of carbonyl (C=O) groups is 1. The van der Waals surface area contributed by atoms with Gasteiger partial charge in [-0.2, -0.15) is 0 Å². The third-order valence-electron chi connectivity index (χ3n) is 3.57. The minimum absolute atomic E-state index is 0.277. The third kappa shape index (κ3) is 4.07. The van der Waals surface area contributed by atoms with E-state index in [2.05, 4.69) is 53.7 Å². The maximum Gasteiger partial charge on any atom is 0.226 e. The molecule has 0 bridgehead atoms. The molecule has 0 amide bonds. The van der Waals surface area contributed by atoms with Crippen LogP contribution in [0.25, 0.3) is 0 Å². The molecule has 0 saturated carbocycles. The van der Waals surface area contributed by atoms with Crippen molar-refractivity contribution in [3.63, 3.8) is 0 Å². The van der Waals surface area contributed by atoms with Gasteiger partial charge < -0.3 is 0 Å². The molecule has 0 atom stereocenters. The Bertz CT molecular complexity index is 429. The van der Waals surface area contributed by atoms with E-state index in [1.165, 1.54) is 16.7 Å². The zero-order valence-corrected chi connectivity index (χ0v) is 13.6. The monoisotopic (exact) mass is 280 g/mol. The van der Waals surface area contributed by atoms with Crippen molar-refractivity contribution in [1.82, 2.24) is 0 Å². The van der Waals surface area contributed by atoms with Gasteiger partial charge in [0.2, 0.25) is 5.24 Å². The van der Waals surface area contributed by atoms with Crippen molar-refractivity contribution in [1.29, 1.82) is 0 Å². The molecule has 0 unspecified atom stereocenters. The van der Waals surface area contributed by atoms with Crippen LogP contribution < -0.4 is 0 Å². The van der Waals surface area contributed by atoms with Crippen molar-refractivity contribution >= 4 is 16.8 Å². The Hall–Kier alpha value is -0.820. The second-order valence-electron chi connectivity index (χ2n) is 6.17. The van der Waals surface area contributed by atoms with Gasteiger partial charge in [-0.25, -0.2) is 0 Å². The van der Waals surface area contributed by atoms with Crippen LogP contribution in [0, 0.1) is 0 Å². The maximum absolute atomic E-state index is 11.3. The average molecular weight is 281 g/mol. The highest BCUT2D eigenvalue weighted by molar-refractivity contribution is 6.63. The fraction of sp³-hybridized carbons (Fsp3) is 0.588. The highest BCUT2D eigenvalue weighted by atomic mass is 35.5. The van der Waals surface area contributed by atoms with Crippen LogP contribution in [0.1, 0.15) is 81.5 Å². The molecule has 1 aromatic rings. The second-order valence-corrected chi connectivity index (χ2v) is 6.60. The highest BCUT2D eigenvalue weighted by Crippen LogP contribution is 2.32. The number of hydrogen-bond donors (Lipinski definition) is 0. The van der Waals surface area contributed by atoms with Gasteiger partial charge in [0.1, 0.15) is 0 Å². The minimum Gasteiger partial charge on any atom is -0.281 e. The van der Waals surface area contributed by atoms with Gasteiger partial charge in [-0.3, -0.25) is 4.79 Å². The van der Waals surface area contributed by atoms with E-state index in [1.54, 1.807) is 0 Å². The van der Waals surface area contributed by atoms with E-state index >= 15 is 0 Å². The minimum atomic E-state index is -0.277. The van der Waals surface area contributed by atoms with Crippen LogP contribution in [-0.4, -0.2) is 5.24 Å². The van der Waals surface area contributed by atoms with Crippen molar-refractivity contribution in [2.24, 2.45) is 0 Å². The molecular weight excluding hydrogens is 256 g/mol. The molecule has 0 radical (unpaired) electrons. The van der Waals surface area contributed by atoms with E-state index < -0.39 is 0 Å². The van der Waals surface area contributed by atoms with E-state index in [0.29, 0.717) is 24.2 Å². The number of hydrogen-bond acceptors (Lipinski definition) is 1. The zero-order chi connectivity index (χ0) is 14.7. The summed E-state index contributed by atoms with van der Waals surface area (Å²) in [5.41, 5.74) is 5.01.